The van der Waals surface area contributed by atoms with Crippen LogP contribution in [0, 0.1) is 5.92 Å². The molecule has 1 N–H and O–H groups in total. The zero-order valence-electron chi connectivity index (χ0n) is 26.2. The number of unbranched alkanes of at least 4 members (excludes halogenated alkanes) is 19. The summed E-state index contributed by atoms with van der Waals surface area (Å²) in [5, 5.41) is 0. The molecular weight excluding hydrogens is 472 g/mol. The molecule has 2 rings (SSSR count). The zero-order valence-corrected chi connectivity index (χ0v) is 26.2. The second kappa shape index (κ2) is 24.2. The smallest absolute Gasteiger partial charge is 0.241 e. The van der Waals surface area contributed by atoms with E-state index in [4.69, 9.17) is 0 Å². The van der Waals surface area contributed by atoms with Gasteiger partial charge < -0.3 is 0 Å². The topological polar surface area (TPSA) is 19.7 Å². The zero-order chi connectivity index (χ0) is 27.6. The Morgan fingerprint density at radius 1 is 0.564 bits per heavy atom. The summed E-state index contributed by atoms with van der Waals surface area (Å²) < 4.78 is 2.49. The lowest BCUT2D eigenvalue weighted by Gasteiger charge is -2.25. The fourth-order valence-corrected chi connectivity index (χ4v) is 6.39. The fraction of sp³-hybridized carbons (Fsp3) is 0.757. The number of hydrogen-bond donors (Lipinski definition) is 1. The van der Waals surface area contributed by atoms with Gasteiger partial charge in [0.2, 0.25) is 6.33 Å². The number of aromatic nitrogens is 2. The van der Waals surface area contributed by atoms with E-state index in [2.05, 4.69) is 72.5 Å². The molecule has 0 saturated heterocycles. The van der Waals surface area contributed by atoms with Crippen LogP contribution in [0.5, 0.6) is 0 Å². The average Bonchev–Trinajstić information content (AvgIpc) is 3.49. The largest absolute Gasteiger partial charge is 0.250 e. The number of imidazole rings is 1. The minimum absolute atomic E-state index is 0.606. The Morgan fingerprint density at radius 3 is 1.51 bits per heavy atom. The molecule has 1 aromatic heterocycles. The van der Waals surface area contributed by atoms with Gasteiger partial charge in [-0.1, -0.05) is 173 Å². The molecule has 0 aliphatic carbocycles. The molecule has 222 valence electrons. The highest BCUT2D eigenvalue weighted by Crippen LogP contribution is 2.29. The van der Waals surface area contributed by atoms with Crippen molar-refractivity contribution in [2.75, 3.05) is 0 Å². The molecule has 2 atom stereocenters. The van der Waals surface area contributed by atoms with E-state index in [0.29, 0.717) is 12.0 Å². The molecular formula is C37H65N2+. The molecule has 0 aliphatic heterocycles. The minimum Gasteiger partial charge on any atom is -0.250 e. The Labute approximate surface area is 243 Å². The van der Waals surface area contributed by atoms with E-state index in [0.717, 1.165) is 0 Å². The highest BCUT2D eigenvalue weighted by molar-refractivity contribution is 5.15. The van der Waals surface area contributed by atoms with Crippen molar-refractivity contribution in [3.05, 3.63) is 54.6 Å². The van der Waals surface area contributed by atoms with Gasteiger partial charge in [-0.25, -0.2) is 4.57 Å². The maximum atomic E-state index is 3.33. The third-order valence-electron chi connectivity index (χ3n) is 8.87. The summed E-state index contributed by atoms with van der Waals surface area (Å²) in [4.78, 5) is 3.33. The maximum Gasteiger partial charge on any atom is 0.241 e. The van der Waals surface area contributed by atoms with E-state index < -0.39 is 0 Å². The van der Waals surface area contributed by atoms with E-state index in [1.54, 1.807) is 0 Å². The van der Waals surface area contributed by atoms with E-state index in [1.807, 2.05) is 0 Å². The normalized spacial score (nSPS) is 13.1. The molecule has 2 unspecified atom stereocenters. The van der Waals surface area contributed by atoms with E-state index in [-0.39, 0.29) is 0 Å². The number of hydrogen-bond acceptors (Lipinski definition) is 0. The fourth-order valence-electron chi connectivity index (χ4n) is 6.39. The van der Waals surface area contributed by atoms with Gasteiger partial charge >= 0.3 is 0 Å². The Balaban J connectivity index is 1.60. The Bertz CT molecular complexity index is 738. The molecule has 0 aliphatic rings. The molecule has 0 spiro atoms. The molecule has 1 heterocycles. The van der Waals surface area contributed by atoms with Gasteiger partial charge in [-0.15, -0.1) is 0 Å². The minimum atomic E-state index is 0.606. The van der Waals surface area contributed by atoms with Gasteiger partial charge in [0.05, 0.1) is 0 Å². The standard InChI is InChI=1S/C37H64N2/c1-3-5-7-9-10-11-12-13-14-15-16-17-18-19-20-21-26-30-37(39-32-31-38-34-39)36(29-25-8-6-4-2)33-35-27-23-22-24-28-35/h22-24,27-28,31-32,34,36-37H,3-21,25-26,29-30,33H2,1-2H3/p+1. The van der Waals surface area contributed by atoms with Crippen molar-refractivity contribution in [2.24, 2.45) is 5.92 Å². The van der Waals surface area contributed by atoms with Crippen LogP contribution < -0.4 is 4.57 Å². The van der Waals surface area contributed by atoms with Crippen LogP contribution in [0.2, 0.25) is 0 Å². The van der Waals surface area contributed by atoms with Crippen LogP contribution in [0.1, 0.15) is 173 Å². The Hall–Kier alpha value is -1.57. The van der Waals surface area contributed by atoms with Crippen LogP contribution in [0.4, 0.5) is 0 Å². The van der Waals surface area contributed by atoms with Crippen LogP contribution in [-0.2, 0) is 6.42 Å². The lowest BCUT2D eigenvalue weighted by Crippen LogP contribution is -2.42. The molecule has 0 bridgehead atoms. The van der Waals surface area contributed by atoms with Gasteiger partial charge in [-0.05, 0) is 31.2 Å². The van der Waals surface area contributed by atoms with Gasteiger partial charge in [-0.2, -0.15) is 0 Å². The Morgan fingerprint density at radius 2 is 1.03 bits per heavy atom. The Kier molecular flexibility index (Phi) is 20.9. The molecule has 2 aromatic rings. The van der Waals surface area contributed by atoms with Crippen molar-refractivity contribution in [3.8, 4) is 0 Å². The third-order valence-corrected chi connectivity index (χ3v) is 8.87. The lowest BCUT2D eigenvalue weighted by atomic mass is 9.84. The highest BCUT2D eigenvalue weighted by atomic mass is 15.1. The molecule has 0 radical (unpaired) electrons. The monoisotopic (exact) mass is 538 g/mol. The predicted molar refractivity (Wildman–Crippen MR) is 171 cm³/mol. The van der Waals surface area contributed by atoms with Gasteiger partial charge in [0, 0.05) is 5.92 Å². The summed E-state index contributed by atoms with van der Waals surface area (Å²) >= 11 is 0. The van der Waals surface area contributed by atoms with Crippen LogP contribution in [0.25, 0.3) is 0 Å². The molecule has 1 aromatic carbocycles. The van der Waals surface area contributed by atoms with E-state index in [9.17, 15) is 0 Å². The second-order valence-corrected chi connectivity index (χ2v) is 12.4. The first-order chi connectivity index (χ1) is 19.3. The number of benzene rings is 1. The van der Waals surface area contributed by atoms with E-state index in [1.165, 1.54) is 160 Å². The highest BCUT2D eigenvalue weighted by Gasteiger charge is 2.26. The summed E-state index contributed by atoms with van der Waals surface area (Å²) in [6.45, 7) is 4.62. The molecule has 0 fully saturated rings. The van der Waals surface area contributed by atoms with Crippen LogP contribution in [-0.4, -0.2) is 4.98 Å². The summed E-state index contributed by atoms with van der Waals surface area (Å²) in [5.41, 5.74) is 1.50. The number of H-pyrrole nitrogens is 1. The number of nitrogens with one attached hydrogen (secondary N) is 1. The third kappa shape index (κ3) is 17.0. The maximum absolute atomic E-state index is 3.33. The number of rotatable bonds is 27. The SMILES string of the molecule is CCCCCCCCCCCCCCCCCCCC(C(CCCCCC)Cc1ccccc1)[n+]1cc[nH]c1. The summed E-state index contributed by atoms with van der Waals surface area (Å²) in [6, 6.07) is 11.8. The van der Waals surface area contributed by atoms with Crippen molar-refractivity contribution in [1.29, 1.82) is 0 Å². The van der Waals surface area contributed by atoms with Crippen molar-refractivity contribution in [2.45, 2.75) is 174 Å². The van der Waals surface area contributed by atoms with Gasteiger partial charge in [-0.3, -0.25) is 4.98 Å². The number of nitrogens with zero attached hydrogens (tertiary/aromatic N) is 1. The van der Waals surface area contributed by atoms with Gasteiger partial charge in [0.25, 0.3) is 0 Å². The number of aromatic amines is 1. The van der Waals surface area contributed by atoms with Crippen LogP contribution >= 0.6 is 0 Å². The quantitative estimate of drug-likeness (QED) is 0.0863. The summed E-state index contributed by atoms with van der Waals surface area (Å²) in [5.74, 6) is 0.714. The van der Waals surface area contributed by atoms with E-state index >= 15 is 0 Å². The van der Waals surface area contributed by atoms with Gasteiger partial charge in [0.15, 0.2) is 0 Å². The van der Waals surface area contributed by atoms with Crippen molar-refractivity contribution < 1.29 is 4.57 Å². The lowest BCUT2D eigenvalue weighted by molar-refractivity contribution is -0.730. The first-order valence-corrected chi connectivity index (χ1v) is 17.4. The van der Waals surface area contributed by atoms with Gasteiger partial charge in [0.1, 0.15) is 18.4 Å². The first kappa shape index (κ1) is 33.6. The van der Waals surface area contributed by atoms with Crippen molar-refractivity contribution in [1.82, 2.24) is 4.98 Å². The summed E-state index contributed by atoms with van der Waals surface area (Å²) in [7, 11) is 0. The summed E-state index contributed by atoms with van der Waals surface area (Å²) in [6.07, 6.45) is 40.4. The molecule has 39 heavy (non-hydrogen) atoms. The first-order valence-electron chi connectivity index (χ1n) is 17.4. The molecule has 2 heteroatoms. The second-order valence-electron chi connectivity index (χ2n) is 12.4. The average molecular weight is 538 g/mol. The molecule has 0 saturated carbocycles. The molecule has 0 amide bonds. The predicted octanol–water partition coefficient (Wildman–Crippen LogP) is 11.7. The van der Waals surface area contributed by atoms with Crippen LogP contribution in [0.3, 0.4) is 0 Å². The van der Waals surface area contributed by atoms with Crippen molar-refractivity contribution in [3.63, 3.8) is 0 Å². The van der Waals surface area contributed by atoms with Crippen LogP contribution in [0.15, 0.2) is 49.1 Å². The molecule has 2 nitrogen and oxygen atoms in total. The van der Waals surface area contributed by atoms with Crippen molar-refractivity contribution >= 4 is 0 Å².